The summed E-state index contributed by atoms with van der Waals surface area (Å²) in [5, 5.41) is 0. The summed E-state index contributed by atoms with van der Waals surface area (Å²) in [6.07, 6.45) is 1.17. The van der Waals surface area contributed by atoms with Gasteiger partial charge in [0.1, 0.15) is 17.4 Å². The number of carbonyl (C=O) groups is 1. The molecule has 0 radical (unpaired) electrons. The third-order valence-corrected chi connectivity index (χ3v) is 5.14. The molecule has 1 nitrogen and oxygen atoms in total. The van der Waals surface area contributed by atoms with Gasteiger partial charge in [-0.05, 0) is 36.1 Å². The Kier molecular flexibility index (Phi) is 2.42. The lowest BCUT2D eigenvalue weighted by Gasteiger charge is -2.38. The highest BCUT2D eigenvalue weighted by Crippen LogP contribution is 2.57. The van der Waals surface area contributed by atoms with E-state index in [1.54, 1.807) is 0 Å². The van der Waals surface area contributed by atoms with Gasteiger partial charge in [0, 0.05) is 24.0 Å². The Morgan fingerprint density at radius 2 is 1.90 bits per heavy atom. The van der Waals surface area contributed by atoms with E-state index >= 15 is 0 Å². The summed E-state index contributed by atoms with van der Waals surface area (Å²) in [5.41, 5.74) is 1.90. The molecule has 0 aromatic heterocycles. The summed E-state index contributed by atoms with van der Waals surface area (Å²) in [5.74, 6) is -1.18. The molecule has 1 saturated carbocycles. The van der Waals surface area contributed by atoms with E-state index in [9.17, 15) is 13.6 Å². The minimum absolute atomic E-state index is 0.0198. The summed E-state index contributed by atoms with van der Waals surface area (Å²) >= 11 is 0. The molecule has 2 aliphatic carbocycles. The smallest absolute Gasteiger partial charge is 0.143 e. The molecule has 4 rings (SSSR count). The summed E-state index contributed by atoms with van der Waals surface area (Å²) in [6.45, 7) is 1.81. The Balaban J connectivity index is 2.15. The molecule has 0 heterocycles. The van der Waals surface area contributed by atoms with E-state index < -0.39 is 17.0 Å². The molecule has 0 unspecified atom stereocenters. The molecule has 0 aliphatic heterocycles. The SMILES string of the molecule is C[C@]12C(=O)CC[C@@H]1c1ccccc1-c1cc(F)cc(F)c12. The maximum Gasteiger partial charge on any atom is 0.143 e. The van der Waals surface area contributed by atoms with Crippen LogP contribution >= 0.6 is 0 Å². The lowest BCUT2D eigenvalue weighted by molar-refractivity contribution is -0.122. The van der Waals surface area contributed by atoms with Gasteiger partial charge in [0.25, 0.3) is 0 Å². The average Bonchev–Trinajstić information content (AvgIpc) is 2.75. The lowest BCUT2D eigenvalue weighted by atomic mass is 9.63. The number of carbonyl (C=O) groups excluding carboxylic acids is 1. The molecule has 0 N–H and O–H groups in total. The summed E-state index contributed by atoms with van der Waals surface area (Å²) in [6, 6.07) is 9.89. The third-order valence-electron chi connectivity index (χ3n) is 5.14. The van der Waals surface area contributed by atoms with Crippen molar-refractivity contribution >= 4 is 5.78 Å². The predicted molar refractivity (Wildman–Crippen MR) is 76.1 cm³/mol. The van der Waals surface area contributed by atoms with Gasteiger partial charge >= 0.3 is 0 Å². The maximum absolute atomic E-state index is 14.5. The van der Waals surface area contributed by atoms with Gasteiger partial charge < -0.3 is 0 Å². The Labute approximate surface area is 121 Å². The van der Waals surface area contributed by atoms with E-state index in [4.69, 9.17) is 0 Å². The van der Waals surface area contributed by atoms with Gasteiger partial charge in [-0.15, -0.1) is 0 Å². The van der Waals surface area contributed by atoms with Crippen LogP contribution in [0.2, 0.25) is 0 Å². The van der Waals surface area contributed by atoms with E-state index in [1.165, 1.54) is 6.07 Å². The van der Waals surface area contributed by atoms with Crippen molar-refractivity contribution in [2.45, 2.75) is 31.1 Å². The molecule has 0 spiro atoms. The molecule has 2 aromatic carbocycles. The van der Waals surface area contributed by atoms with E-state index in [-0.39, 0.29) is 11.7 Å². The highest BCUT2D eigenvalue weighted by molar-refractivity contribution is 5.98. The summed E-state index contributed by atoms with van der Waals surface area (Å²) in [4.78, 5) is 12.5. The molecule has 3 heteroatoms. The second-order valence-electron chi connectivity index (χ2n) is 6.11. The van der Waals surface area contributed by atoms with E-state index in [2.05, 4.69) is 0 Å². The van der Waals surface area contributed by atoms with E-state index in [0.717, 1.165) is 23.6 Å². The van der Waals surface area contributed by atoms with Crippen LogP contribution < -0.4 is 0 Å². The van der Waals surface area contributed by atoms with E-state index in [0.29, 0.717) is 17.5 Å². The van der Waals surface area contributed by atoms with Gasteiger partial charge in [-0.1, -0.05) is 24.3 Å². The van der Waals surface area contributed by atoms with Crippen molar-refractivity contribution in [3.63, 3.8) is 0 Å². The first-order chi connectivity index (χ1) is 10.0. The van der Waals surface area contributed by atoms with Crippen molar-refractivity contribution in [1.29, 1.82) is 0 Å². The number of halogens is 2. The Morgan fingerprint density at radius 3 is 2.71 bits per heavy atom. The Hall–Kier alpha value is -2.03. The second-order valence-corrected chi connectivity index (χ2v) is 6.11. The zero-order chi connectivity index (χ0) is 14.8. The fraction of sp³-hybridized carbons (Fsp3) is 0.278. The van der Waals surface area contributed by atoms with Crippen molar-refractivity contribution in [2.24, 2.45) is 0 Å². The van der Waals surface area contributed by atoms with Gasteiger partial charge in [0.05, 0.1) is 5.41 Å². The van der Waals surface area contributed by atoms with Gasteiger partial charge in [-0.3, -0.25) is 4.79 Å². The maximum atomic E-state index is 14.5. The van der Waals surface area contributed by atoms with Gasteiger partial charge in [0.2, 0.25) is 0 Å². The quantitative estimate of drug-likeness (QED) is 0.703. The van der Waals surface area contributed by atoms with Crippen molar-refractivity contribution in [1.82, 2.24) is 0 Å². The molecule has 0 saturated heterocycles. The second kappa shape index (κ2) is 4.00. The standard InChI is InChI=1S/C18H14F2O/c1-18-14(6-7-16(18)21)12-5-3-2-4-11(12)13-8-10(19)9-15(20)17(13)18/h2-5,8-9,14H,6-7H2,1H3/t14-,18-/m1/s1. The molecule has 0 bridgehead atoms. The molecule has 2 atom stereocenters. The first kappa shape index (κ1) is 12.7. The van der Waals surface area contributed by atoms with Crippen molar-refractivity contribution < 1.29 is 13.6 Å². The van der Waals surface area contributed by atoms with Crippen molar-refractivity contribution in [3.05, 3.63) is 59.2 Å². The highest BCUT2D eigenvalue weighted by Gasteiger charge is 2.53. The largest absolute Gasteiger partial charge is 0.299 e. The summed E-state index contributed by atoms with van der Waals surface area (Å²) in [7, 11) is 0. The van der Waals surface area contributed by atoms with Gasteiger partial charge in [-0.25, -0.2) is 8.78 Å². The van der Waals surface area contributed by atoms with E-state index in [1.807, 2.05) is 31.2 Å². The van der Waals surface area contributed by atoms with Crippen LogP contribution in [0.3, 0.4) is 0 Å². The van der Waals surface area contributed by atoms with Gasteiger partial charge in [0.15, 0.2) is 0 Å². The first-order valence-electron chi connectivity index (χ1n) is 7.15. The minimum Gasteiger partial charge on any atom is -0.299 e. The normalized spacial score (nSPS) is 26.2. The predicted octanol–water partition coefficient (Wildman–Crippen LogP) is 4.35. The van der Waals surface area contributed by atoms with Crippen LogP contribution in [0.15, 0.2) is 36.4 Å². The highest BCUT2D eigenvalue weighted by atomic mass is 19.1. The third kappa shape index (κ3) is 1.46. The van der Waals surface area contributed by atoms with Crippen LogP contribution in [-0.4, -0.2) is 5.78 Å². The van der Waals surface area contributed by atoms with Crippen molar-refractivity contribution in [3.8, 4) is 11.1 Å². The molecule has 106 valence electrons. The summed E-state index contributed by atoms with van der Waals surface area (Å²) < 4.78 is 28.2. The molecule has 2 aromatic rings. The fourth-order valence-corrected chi connectivity index (χ4v) is 4.16. The van der Waals surface area contributed by atoms with Crippen LogP contribution in [0, 0.1) is 11.6 Å². The number of fused-ring (bicyclic) bond motifs is 6. The number of rotatable bonds is 0. The topological polar surface area (TPSA) is 17.1 Å². The fourth-order valence-electron chi connectivity index (χ4n) is 4.16. The molecule has 0 amide bonds. The molecule has 2 aliphatic rings. The van der Waals surface area contributed by atoms with Crippen LogP contribution in [0.1, 0.15) is 36.8 Å². The number of benzene rings is 2. The number of Topliss-reactive ketones (excluding diaryl/α,β-unsaturated/α-hetero) is 1. The van der Waals surface area contributed by atoms with Crippen LogP contribution in [-0.2, 0) is 10.2 Å². The number of hydrogen-bond acceptors (Lipinski definition) is 1. The Morgan fingerprint density at radius 1 is 1.14 bits per heavy atom. The minimum atomic E-state index is -0.874. The lowest BCUT2D eigenvalue weighted by Crippen LogP contribution is -2.37. The number of hydrogen-bond donors (Lipinski definition) is 0. The van der Waals surface area contributed by atoms with Gasteiger partial charge in [-0.2, -0.15) is 0 Å². The first-order valence-corrected chi connectivity index (χ1v) is 7.15. The van der Waals surface area contributed by atoms with Crippen LogP contribution in [0.5, 0.6) is 0 Å². The van der Waals surface area contributed by atoms with Crippen molar-refractivity contribution in [2.75, 3.05) is 0 Å². The number of ketones is 1. The molecular weight excluding hydrogens is 270 g/mol. The zero-order valence-electron chi connectivity index (χ0n) is 11.6. The zero-order valence-corrected chi connectivity index (χ0v) is 11.6. The Bertz CT molecular complexity index is 781. The molecule has 1 fully saturated rings. The monoisotopic (exact) mass is 284 g/mol. The van der Waals surface area contributed by atoms with Crippen LogP contribution in [0.4, 0.5) is 8.78 Å². The molecule has 21 heavy (non-hydrogen) atoms. The molecular formula is C18H14F2O. The van der Waals surface area contributed by atoms with Crippen LogP contribution in [0.25, 0.3) is 11.1 Å². The average molecular weight is 284 g/mol.